The van der Waals surface area contributed by atoms with E-state index >= 15 is 0 Å². The molecule has 22 heavy (non-hydrogen) atoms. The summed E-state index contributed by atoms with van der Waals surface area (Å²) in [5, 5.41) is 10.7. The quantitative estimate of drug-likeness (QED) is 0.596. The van der Waals surface area contributed by atoms with Crippen molar-refractivity contribution in [1.29, 1.82) is 0 Å². The summed E-state index contributed by atoms with van der Waals surface area (Å²) in [6, 6.07) is 1.99. The molecule has 6 heteroatoms. The maximum Gasteiger partial charge on any atom is 0.191 e. The van der Waals surface area contributed by atoms with Crippen molar-refractivity contribution in [3.05, 3.63) is 17.5 Å². The van der Waals surface area contributed by atoms with Crippen LogP contribution in [0.2, 0.25) is 0 Å². The maximum absolute atomic E-state index is 5.32. The molecule has 0 aliphatic heterocycles. The smallest absolute Gasteiger partial charge is 0.191 e. The van der Waals surface area contributed by atoms with Gasteiger partial charge in [0, 0.05) is 26.2 Å². The van der Waals surface area contributed by atoms with E-state index in [-0.39, 0.29) is 5.41 Å². The van der Waals surface area contributed by atoms with Gasteiger partial charge in [-0.2, -0.15) is 0 Å². The summed E-state index contributed by atoms with van der Waals surface area (Å²) >= 11 is 0. The van der Waals surface area contributed by atoms with Gasteiger partial charge in [0.1, 0.15) is 0 Å². The molecule has 0 aliphatic carbocycles. The van der Waals surface area contributed by atoms with Gasteiger partial charge in [0.05, 0.1) is 12.2 Å². The van der Waals surface area contributed by atoms with E-state index in [9.17, 15) is 0 Å². The topological polar surface area (TPSA) is 65.7 Å². The zero-order chi connectivity index (χ0) is 16.8. The lowest BCUT2D eigenvalue weighted by molar-refractivity contribution is 0.241. The van der Waals surface area contributed by atoms with E-state index in [1.807, 2.05) is 6.07 Å². The molecule has 1 aromatic rings. The molecule has 0 unspecified atom stereocenters. The summed E-state index contributed by atoms with van der Waals surface area (Å²) in [4.78, 5) is 6.44. The van der Waals surface area contributed by atoms with Crippen LogP contribution < -0.4 is 10.6 Å². The minimum atomic E-state index is 0.165. The van der Waals surface area contributed by atoms with E-state index in [4.69, 9.17) is 4.52 Å². The molecule has 0 amide bonds. The fourth-order valence-corrected chi connectivity index (χ4v) is 2.31. The average molecular weight is 309 g/mol. The Morgan fingerprint density at radius 3 is 2.55 bits per heavy atom. The Morgan fingerprint density at radius 2 is 2.05 bits per heavy atom. The molecule has 2 N–H and O–H groups in total. The number of nitrogens with one attached hydrogen (secondary N) is 2. The molecule has 0 spiro atoms. The molecule has 1 rings (SSSR count). The van der Waals surface area contributed by atoms with E-state index in [2.05, 4.69) is 67.5 Å². The third kappa shape index (κ3) is 6.47. The lowest BCUT2D eigenvalue weighted by atomic mass is 9.93. The van der Waals surface area contributed by atoms with E-state index in [0.717, 1.165) is 30.5 Å². The average Bonchev–Trinajstić information content (AvgIpc) is 2.86. The van der Waals surface area contributed by atoms with Crippen molar-refractivity contribution in [3.63, 3.8) is 0 Å². The Kier molecular flexibility index (Phi) is 6.87. The first kappa shape index (κ1) is 18.5. The van der Waals surface area contributed by atoms with Crippen molar-refractivity contribution in [2.75, 3.05) is 34.2 Å². The van der Waals surface area contributed by atoms with Crippen molar-refractivity contribution in [2.45, 2.75) is 40.2 Å². The number of aromatic nitrogens is 1. The number of aliphatic imine (C=N–C) groups is 1. The number of hydrogen-bond acceptors (Lipinski definition) is 4. The van der Waals surface area contributed by atoms with Gasteiger partial charge in [-0.05, 0) is 25.4 Å². The standard InChI is InChI=1S/C16H31N5O/c1-12(2)14-8-13(22-20-14)9-18-15(17-5)19-10-16(3,4)11-21(6)7/h8,12H,9-11H2,1-7H3,(H2,17,18,19). The van der Waals surface area contributed by atoms with Gasteiger partial charge in [0.25, 0.3) is 0 Å². The first-order valence-corrected chi connectivity index (χ1v) is 7.78. The molecule has 1 heterocycles. The summed E-state index contributed by atoms with van der Waals surface area (Å²) in [5.74, 6) is 1.97. The van der Waals surface area contributed by atoms with E-state index in [0.29, 0.717) is 12.5 Å². The molecule has 0 aromatic carbocycles. The normalized spacial score (nSPS) is 13.0. The molecule has 0 atom stereocenters. The molecular weight excluding hydrogens is 278 g/mol. The number of guanidine groups is 1. The summed E-state index contributed by atoms with van der Waals surface area (Å²) in [7, 11) is 5.95. The van der Waals surface area contributed by atoms with E-state index < -0.39 is 0 Å². The Balaban J connectivity index is 2.45. The molecule has 0 aliphatic rings. The fraction of sp³-hybridized carbons (Fsp3) is 0.750. The highest BCUT2D eigenvalue weighted by molar-refractivity contribution is 5.79. The Hall–Kier alpha value is -1.56. The highest BCUT2D eigenvalue weighted by atomic mass is 16.5. The van der Waals surface area contributed by atoms with Crippen LogP contribution in [0, 0.1) is 5.41 Å². The van der Waals surface area contributed by atoms with Crippen LogP contribution in [0.4, 0.5) is 0 Å². The van der Waals surface area contributed by atoms with E-state index in [1.165, 1.54) is 0 Å². The lowest BCUT2D eigenvalue weighted by Gasteiger charge is -2.29. The monoisotopic (exact) mass is 309 g/mol. The zero-order valence-corrected chi connectivity index (χ0v) is 15.0. The van der Waals surface area contributed by atoms with Crippen molar-refractivity contribution < 1.29 is 4.52 Å². The predicted octanol–water partition coefficient (Wildman–Crippen LogP) is 2.05. The van der Waals surface area contributed by atoms with Crippen LogP contribution in [0.3, 0.4) is 0 Å². The van der Waals surface area contributed by atoms with Crippen LogP contribution in [0.15, 0.2) is 15.6 Å². The summed E-state index contributed by atoms with van der Waals surface area (Å²) in [5.41, 5.74) is 1.14. The number of nitrogens with zero attached hydrogens (tertiary/aromatic N) is 3. The second kappa shape index (κ2) is 8.17. The molecule has 0 saturated carbocycles. The number of rotatable bonds is 7. The van der Waals surface area contributed by atoms with Crippen LogP contribution in [0.1, 0.15) is 45.1 Å². The molecule has 0 fully saturated rings. The molecule has 126 valence electrons. The van der Waals surface area contributed by atoms with Gasteiger partial charge in [-0.1, -0.05) is 32.9 Å². The molecule has 0 bridgehead atoms. The summed E-state index contributed by atoms with van der Waals surface area (Å²) in [6.07, 6.45) is 0. The Morgan fingerprint density at radius 1 is 1.36 bits per heavy atom. The van der Waals surface area contributed by atoms with Crippen LogP contribution in [0.5, 0.6) is 0 Å². The van der Waals surface area contributed by atoms with Gasteiger partial charge in [-0.15, -0.1) is 0 Å². The van der Waals surface area contributed by atoms with Crippen LogP contribution >= 0.6 is 0 Å². The molecule has 6 nitrogen and oxygen atoms in total. The highest BCUT2D eigenvalue weighted by Gasteiger charge is 2.19. The predicted molar refractivity (Wildman–Crippen MR) is 91.1 cm³/mol. The summed E-state index contributed by atoms with van der Waals surface area (Å²) in [6.45, 7) is 11.1. The van der Waals surface area contributed by atoms with Gasteiger partial charge in [0.15, 0.2) is 11.7 Å². The highest BCUT2D eigenvalue weighted by Crippen LogP contribution is 2.15. The van der Waals surface area contributed by atoms with Crippen LogP contribution in [0.25, 0.3) is 0 Å². The second-order valence-corrected chi connectivity index (χ2v) is 7.05. The molecule has 0 radical (unpaired) electrons. The molecule has 1 aromatic heterocycles. The van der Waals surface area contributed by atoms with E-state index in [1.54, 1.807) is 7.05 Å². The summed E-state index contributed by atoms with van der Waals surface area (Å²) < 4.78 is 5.32. The molecule has 0 saturated heterocycles. The fourth-order valence-electron chi connectivity index (χ4n) is 2.31. The van der Waals surface area contributed by atoms with Gasteiger partial charge in [-0.25, -0.2) is 0 Å². The second-order valence-electron chi connectivity index (χ2n) is 7.05. The van der Waals surface area contributed by atoms with Crippen molar-refractivity contribution >= 4 is 5.96 Å². The largest absolute Gasteiger partial charge is 0.359 e. The third-order valence-corrected chi connectivity index (χ3v) is 3.30. The zero-order valence-electron chi connectivity index (χ0n) is 15.0. The van der Waals surface area contributed by atoms with Crippen LogP contribution in [-0.4, -0.2) is 50.2 Å². The third-order valence-electron chi connectivity index (χ3n) is 3.30. The lowest BCUT2D eigenvalue weighted by Crippen LogP contribution is -2.44. The van der Waals surface area contributed by atoms with Crippen molar-refractivity contribution in [2.24, 2.45) is 10.4 Å². The minimum Gasteiger partial charge on any atom is -0.359 e. The number of hydrogen-bond donors (Lipinski definition) is 2. The van der Waals surface area contributed by atoms with Gasteiger partial charge in [-0.3, -0.25) is 4.99 Å². The first-order chi connectivity index (χ1) is 10.2. The molecular formula is C16H31N5O. The maximum atomic E-state index is 5.32. The minimum absolute atomic E-state index is 0.165. The van der Waals surface area contributed by atoms with Crippen molar-refractivity contribution in [1.82, 2.24) is 20.7 Å². The van der Waals surface area contributed by atoms with Gasteiger partial charge < -0.3 is 20.1 Å². The SMILES string of the molecule is CN=C(NCc1cc(C(C)C)no1)NCC(C)(C)CN(C)C. The van der Waals surface area contributed by atoms with Gasteiger partial charge >= 0.3 is 0 Å². The van der Waals surface area contributed by atoms with Gasteiger partial charge in [0.2, 0.25) is 0 Å². The Labute approximate surface area is 134 Å². The Bertz CT molecular complexity index is 477. The van der Waals surface area contributed by atoms with Crippen molar-refractivity contribution in [3.8, 4) is 0 Å². The first-order valence-electron chi connectivity index (χ1n) is 7.78. The van der Waals surface area contributed by atoms with Crippen LogP contribution in [-0.2, 0) is 6.54 Å².